The van der Waals surface area contributed by atoms with Gasteiger partial charge in [0.2, 0.25) is 10.0 Å². The molecule has 1 aliphatic heterocycles. The number of alkyl halides is 3. The number of aromatic nitrogens is 2. The molecular weight excluding hydrogens is 385 g/mol. The molecular formula is C16H17F3N4O3S. The molecule has 1 saturated heterocycles. The van der Waals surface area contributed by atoms with Crippen molar-refractivity contribution in [3.05, 3.63) is 42.9 Å². The maximum atomic E-state index is 12.8. The minimum Gasteiger partial charge on any atom is -0.404 e. The molecule has 1 fully saturated rings. The highest BCUT2D eigenvalue weighted by Gasteiger charge is 2.36. The first-order valence-corrected chi connectivity index (χ1v) is 9.57. The molecule has 1 aromatic heterocycles. The molecule has 0 spiro atoms. The molecule has 1 aromatic carbocycles. The second-order valence-electron chi connectivity index (χ2n) is 5.91. The fourth-order valence-electron chi connectivity index (χ4n) is 2.84. The van der Waals surface area contributed by atoms with Crippen LogP contribution in [0.25, 0.3) is 0 Å². The predicted molar refractivity (Wildman–Crippen MR) is 90.6 cm³/mol. The number of benzene rings is 1. The first kappa shape index (κ1) is 19.4. The van der Waals surface area contributed by atoms with Gasteiger partial charge in [0.25, 0.3) is 0 Å². The number of ether oxygens (including phenoxy) is 1. The Bertz CT molecular complexity index is 870. The fraction of sp³-hybridized carbons (Fsp3) is 0.375. The van der Waals surface area contributed by atoms with Gasteiger partial charge in [0.05, 0.1) is 0 Å². The van der Waals surface area contributed by atoms with E-state index in [2.05, 4.69) is 20.0 Å². The average Bonchev–Trinajstić information content (AvgIpc) is 2.62. The Labute approximate surface area is 154 Å². The number of rotatable bonds is 5. The van der Waals surface area contributed by atoms with Crippen LogP contribution in [0.3, 0.4) is 0 Å². The Kier molecular flexibility index (Phi) is 5.51. The molecule has 11 heteroatoms. The molecule has 27 heavy (non-hydrogen) atoms. The van der Waals surface area contributed by atoms with Crippen LogP contribution in [0.2, 0.25) is 0 Å². The number of para-hydroxylation sites is 1. The van der Waals surface area contributed by atoms with Crippen LogP contribution in [-0.4, -0.2) is 48.2 Å². The summed E-state index contributed by atoms with van der Waals surface area (Å²) in [6, 6.07) is 6.46. The highest BCUT2D eigenvalue weighted by atomic mass is 32.2. The first-order chi connectivity index (χ1) is 12.8. The third-order valence-corrected chi connectivity index (χ3v) is 6.02. The number of piperidine rings is 1. The number of nitrogens with zero attached hydrogens (tertiary/aromatic N) is 3. The van der Waals surface area contributed by atoms with Gasteiger partial charge in [-0.3, -0.25) is 0 Å². The van der Waals surface area contributed by atoms with Crippen molar-refractivity contribution in [2.45, 2.75) is 30.1 Å². The molecule has 146 valence electrons. The number of hydrogen-bond donors (Lipinski definition) is 1. The third-order valence-electron chi connectivity index (χ3n) is 4.08. The maximum Gasteiger partial charge on any atom is 0.573 e. The maximum absolute atomic E-state index is 12.8. The van der Waals surface area contributed by atoms with E-state index in [0.29, 0.717) is 18.7 Å². The van der Waals surface area contributed by atoms with Gasteiger partial charge in [-0.2, -0.15) is 4.31 Å². The molecule has 0 saturated carbocycles. The summed E-state index contributed by atoms with van der Waals surface area (Å²) in [6.07, 6.45) is -0.997. The molecule has 3 rings (SSSR count). The first-order valence-electron chi connectivity index (χ1n) is 8.13. The number of nitrogens with one attached hydrogen (secondary N) is 1. The van der Waals surface area contributed by atoms with Crippen LogP contribution in [0.5, 0.6) is 5.75 Å². The predicted octanol–water partition coefficient (Wildman–Crippen LogP) is 2.64. The lowest BCUT2D eigenvalue weighted by Crippen LogP contribution is -2.42. The smallest absolute Gasteiger partial charge is 0.404 e. The van der Waals surface area contributed by atoms with E-state index in [-0.39, 0.29) is 19.1 Å². The number of sulfonamides is 1. The molecule has 1 aliphatic rings. The molecule has 0 atom stereocenters. The van der Waals surface area contributed by atoms with E-state index >= 15 is 0 Å². The Morgan fingerprint density at radius 2 is 1.85 bits per heavy atom. The molecule has 2 aromatic rings. The summed E-state index contributed by atoms with van der Waals surface area (Å²) in [5, 5.41) is 3.19. The number of anilines is 1. The topological polar surface area (TPSA) is 84.4 Å². The SMILES string of the molecule is O=S(=O)(c1ccccc1OC(F)(F)F)N1CCC(Nc2ccncn2)CC1. The third kappa shape index (κ3) is 4.86. The summed E-state index contributed by atoms with van der Waals surface area (Å²) < 4.78 is 68.3. The molecule has 0 radical (unpaired) electrons. The number of hydrogen-bond acceptors (Lipinski definition) is 6. The van der Waals surface area contributed by atoms with Crippen molar-refractivity contribution in [1.82, 2.24) is 14.3 Å². The molecule has 2 heterocycles. The minimum absolute atomic E-state index is 0.00742. The van der Waals surface area contributed by atoms with E-state index in [0.717, 1.165) is 12.1 Å². The largest absolute Gasteiger partial charge is 0.573 e. The second-order valence-corrected chi connectivity index (χ2v) is 7.82. The van der Waals surface area contributed by atoms with Gasteiger partial charge in [-0.25, -0.2) is 18.4 Å². The summed E-state index contributed by atoms with van der Waals surface area (Å²) in [5.74, 6) is -0.0959. The van der Waals surface area contributed by atoms with Gasteiger partial charge in [0.1, 0.15) is 22.8 Å². The van der Waals surface area contributed by atoms with E-state index in [4.69, 9.17) is 0 Å². The fourth-order valence-corrected chi connectivity index (χ4v) is 4.42. The van der Waals surface area contributed by atoms with Gasteiger partial charge in [-0.15, -0.1) is 13.2 Å². The molecule has 1 N–H and O–H groups in total. The highest BCUT2D eigenvalue weighted by Crippen LogP contribution is 2.32. The van der Waals surface area contributed by atoms with Crippen LogP contribution < -0.4 is 10.1 Å². The normalized spacial score (nSPS) is 16.9. The van der Waals surface area contributed by atoms with E-state index in [9.17, 15) is 21.6 Å². The average molecular weight is 402 g/mol. The van der Waals surface area contributed by atoms with Crippen molar-refractivity contribution in [3.63, 3.8) is 0 Å². The minimum atomic E-state index is -4.97. The zero-order valence-corrected chi connectivity index (χ0v) is 14.9. The Morgan fingerprint density at radius 3 is 2.48 bits per heavy atom. The van der Waals surface area contributed by atoms with Crippen molar-refractivity contribution in [2.24, 2.45) is 0 Å². The van der Waals surface area contributed by atoms with Gasteiger partial charge in [0.15, 0.2) is 0 Å². The lowest BCUT2D eigenvalue weighted by atomic mass is 10.1. The van der Waals surface area contributed by atoms with E-state index < -0.39 is 27.0 Å². The number of halogens is 3. The summed E-state index contributed by atoms with van der Waals surface area (Å²) >= 11 is 0. The van der Waals surface area contributed by atoms with Crippen LogP contribution in [0, 0.1) is 0 Å². The van der Waals surface area contributed by atoms with Crippen LogP contribution in [0.15, 0.2) is 47.8 Å². The zero-order valence-electron chi connectivity index (χ0n) is 14.1. The molecule has 0 amide bonds. The van der Waals surface area contributed by atoms with Crippen LogP contribution in [-0.2, 0) is 10.0 Å². The van der Waals surface area contributed by atoms with Gasteiger partial charge < -0.3 is 10.1 Å². The molecule has 0 unspecified atom stereocenters. The van der Waals surface area contributed by atoms with Crippen molar-refractivity contribution in [3.8, 4) is 5.75 Å². The summed E-state index contributed by atoms with van der Waals surface area (Å²) in [4.78, 5) is 7.38. The van der Waals surface area contributed by atoms with E-state index in [1.807, 2.05) is 0 Å². The second kappa shape index (κ2) is 7.69. The van der Waals surface area contributed by atoms with E-state index in [1.165, 1.54) is 22.8 Å². The van der Waals surface area contributed by atoms with Crippen LogP contribution in [0.4, 0.5) is 19.0 Å². The summed E-state index contributed by atoms with van der Waals surface area (Å²) in [6.45, 7) is 0.344. The molecule has 0 aliphatic carbocycles. The standard InChI is InChI=1S/C16H17F3N4O3S/c17-16(18,19)26-13-3-1-2-4-14(13)27(24,25)23-9-6-12(7-10-23)22-15-5-8-20-11-21-15/h1-5,8,11-12H,6-7,9-10H2,(H,20,21,22). The lowest BCUT2D eigenvalue weighted by molar-refractivity contribution is -0.275. The Balaban J connectivity index is 1.70. The Hall–Kier alpha value is -2.40. The highest BCUT2D eigenvalue weighted by molar-refractivity contribution is 7.89. The summed E-state index contributed by atoms with van der Waals surface area (Å²) in [7, 11) is -4.11. The lowest BCUT2D eigenvalue weighted by Gasteiger charge is -2.32. The molecule has 7 nitrogen and oxygen atoms in total. The van der Waals surface area contributed by atoms with Crippen molar-refractivity contribution in [2.75, 3.05) is 18.4 Å². The summed E-state index contributed by atoms with van der Waals surface area (Å²) in [5.41, 5.74) is 0. The van der Waals surface area contributed by atoms with Crippen LogP contribution in [0.1, 0.15) is 12.8 Å². The quantitative estimate of drug-likeness (QED) is 0.828. The zero-order chi connectivity index (χ0) is 19.5. The van der Waals surface area contributed by atoms with Gasteiger partial charge in [-0.1, -0.05) is 12.1 Å². The van der Waals surface area contributed by atoms with Crippen molar-refractivity contribution >= 4 is 15.8 Å². The van der Waals surface area contributed by atoms with Gasteiger partial charge in [-0.05, 0) is 31.0 Å². The van der Waals surface area contributed by atoms with E-state index in [1.54, 1.807) is 12.3 Å². The Morgan fingerprint density at radius 1 is 1.15 bits per heavy atom. The van der Waals surface area contributed by atoms with Crippen molar-refractivity contribution in [1.29, 1.82) is 0 Å². The van der Waals surface area contributed by atoms with Crippen LogP contribution >= 0.6 is 0 Å². The monoisotopic (exact) mass is 402 g/mol. The van der Waals surface area contributed by atoms with Gasteiger partial charge >= 0.3 is 6.36 Å². The molecule has 0 bridgehead atoms. The van der Waals surface area contributed by atoms with Crippen molar-refractivity contribution < 1.29 is 26.3 Å². The van der Waals surface area contributed by atoms with Gasteiger partial charge in [0, 0.05) is 25.3 Å².